The molecule has 0 saturated carbocycles. The normalized spacial score (nSPS) is 11.0. The second-order valence-corrected chi connectivity index (χ2v) is 5.23. The summed E-state index contributed by atoms with van der Waals surface area (Å²) in [6.45, 7) is 0. The van der Waals surface area contributed by atoms with Crippen molar-refractivity contribution < 1.29 is 18.3 Å². The fourth-order valence-electron chi connectivity index (χ4n) is 1.26. The van der Waals surface area contributed by atoms with Crippen LogP contribution in [0.25, 0.3) is 0 Å². The van der Waals surface area contributed by atoms with Gasteiger partial charge in [-0.15, -0.1) is 0 Å². The number of nitrogens with zero attached hydrogens (tertiary/aromatic N) is 2. The molecule has 2 heterocycles. The lowest BCUT2D eigenvalue weighted by atomic mass is 10.3. The van der Waals surface area contributed by atoms with Gasteiger partial charge in [-0.1, -0.05) is 0 Å². The number of hydrogen-bond acceptors (Lipinski definition) is 6. The van der Waals surface area contributed by atoms with Gasteiger partial charge in [0.05, 0.1) is 5.56 Å². The average molecular weight is 296 g/mol. The van der Waals surface area contributed by atoms with Crippen LogP contribution in [0, 0.1) is 0 Å². The second-order valence-electron chi connectivity index (χ2n) is 3.60. The lowest BCUT2D eigenvalue weighted by Gasteiger charge is -2.05. The second kappa shape index (κ2) is 5.09. The fourth-order valence-corrected chi connectivity index (χ4v) is 2.19. The number of H-pyrrole nitrogens is 1. The topological polar surface area (TPSA) is 142 Å². The number of nitrogens with one attached hydrogen (secondary N) is 2. The molecule has 0 aromatic carbocycles. The van der Waals surface area contributed by atoms with Gasteiger partial charge in [-0.2, -0.15) is 13.5 Å². The lowest BCUT2D eigenvalue weighted by molar-refractivity contribution is 0.0696. The molecule has 0 amide bonds. The standard InChI is InChI=1S/C10H8N4O5S/c15-8-3-2-7(12-13-8)14-20(18,19)9-4-1-6(5-11-9)10(16)17/h1-5H,(H,12,14)(H,13,15)(H,16,17). The summed E-state index contributed by atoms with van der Waals surface area (Å²) in [5.41, 5.74) is -0.608. The van der Waals surface area contributed by atoms with E-state index in [4.69, 9.17) is 5.11 Å². The van der Waals surface area contributed by atoms with Crippen molar-refractivity contribution in [3.63, 3.8) is 0 Å². The van der Waals surface area contributed by atoms with Crippen LogP contribution in [-0.4, -0.2) is 34.7 Å². The molecule has 104 valence electrons. The van der Waals surface area contributed by atoms with Gasteiger partial charge in [0.15, 0.2) is 10.8 Å². The molecule has 20 heavy (non-hydrogen) atoms. The van der Waals surface area contributed by atoms with Crippen molar-refractivity contribution in [1.82, 2.24) is 15.2 Å². The summed E-state index contributed by atoms with van der Waals surface area (Å²) in [5, 5.41) is 13.9. The first kappa shape index (κ1) is 13.7. The zero-order valence-corrected chi connectivity index (χ0v) is 10.6. The zero-order valence-electron chi connectivity index (χ0n) is 9.77. The highest BCUT2D eigenvalue weighted by Gasteiger charge is 2.17. The Morgan fingerprint density at radius 1 is 1.25 bits per heavy atom. The Hall–Kier alpha value is -2.75. The molecule has 0 aliphatic carbocycles. The zero-order chi connectivity index (χ0) is 14.8. The monoisotopic (exact) mass is 296 g/mol. The molecule has 2 aromatic heterocycles. The Bertz CT molecular complexity index is 777. The summed E-state index contributed by atoms with van der Waals surface area (Å²) in [6.07, 6.45) is 0.928. The van der Waals surface area contributed by atoms with Gasteiger partial charge in [0.2, 0.25) is 0 Å². The Kier molecular flexibility index (Phi) is 3.48. The molecule has 0 atom stereocenters. The van der Waals surface area contributed by atoms with Crippen molar-refractivity contribution in [1.29, 1.82) is 0 Å². The minimum atomic E-state index is -4.01. The van der Waals surface area contributed by atoms with Crippen LogP contribution in [0.15, 0.2) is 40.3 Å². The van der Waals surface area contributed by atoms with Crippen molar-refractivity contribution in [3.8, 4) is 0 Å². The van der Waals surface area contributed by atoms with Gasteiger partial charge in [0.1, 0.15) is 0 Å². The molecular weight excluding hydrogens is 288 g/mol. The summed E-state index contributed by atoms with van der Waals surface area (Å²) < 4.78 is 25.9. The third kappa shape index (κ3) is 2.98. The van der Waals surface area contributed by atoms with Crippen LogP contribution < -0.4 is 10.3 Å². The maximum absolute atomic E-state index is 11.9. The Morgan fingerprint density at radius 3 is 2.50 bits per heavy atom. The van der Waals surface area contributed by atoms with E-state index in [9.17, 15) is 18.0 Å². The number of sulfonamides is 1. The summed E-state index contributed by atoms with van der Waals surface area (Å²) in [4.78, 5) is 25.0. The Balaban J connectivity index is 2.28. The van der Waals surface area contributed by atoms with Crippen LogP contribution >= 0.6 is 0 Å². The highest BCUT2D eigenvalue weighted by atomic mass is 32.2. The third-order valence-electron chi connectivity index (χ3n) is 2.18. The van der Waals surface area contributed by atoms with Gasteiger partial charge < -0.3 is 5.11 Å². The van der Waals surface area contributed by atoms with Gasteiger partial charge in [0, 0.05) is 12.3 Å². The number of hydrogen-bond donors (Lipinski definition) is 3. The van der Waals surface area contributed by atoms with Gasteiger partial charge in [-0.3, -0.25) is 9.52 Å². The van der Waals surface area contributed by atoms with Crippen molar-refractivity contribution in [2.75, 3.05) is 4.72 Å². The van der Waals surface area contributed by atoms with E-state index in [1.165, 1.54) is 6.07 Å². The molecule has 0 aliphatic heterocycles. The van der Waals surface area contributed by atoms with Gasteiger partial charge >= 0.3 is 5.97 Å². The van der Waals surface area contributed by atoms with E-state index >= 15 is 0 Å². The first-order chi connectivity index (χ1) is 9.38. The molecule has 2 rings (SSSR count). The summed E-state index contributed by atoms with van der Waals surface area (Å²) in [5.74, 6) is -1.30. The minimum Gasteiger partial charge on any atom is -0.478 e. The molecule has 10 heteroatoms. The van der Waals surface area contributed by atoms with Crippen molar-refractivity contribution in [3.05, 3.63) is 46.4 Å². The molecule has 0 saturated heterocycles. The number of carbonyl (C=O) groups is 1. The van der Waals surface area contributed by atoms with E-state index in [2.05, 4.69) is 19.9 Å². The number of carboxylic acid groups (broad SMARTS) is 1. The van der Waals surface area contributed by atoms with Crippen molar-refractivity contribution >= 4 is 21.8 Å². The van der Waals surface area contributed by atoms with Crippen LogP contribution in [0.1, 0.15) is 10.4 Å². The molecule has 0 fully saturated rings. The largest absolute Gasteiger partial charge is 0.478 e. The van der Waals surface area contributed by atoms with Crippen LogP contribution in [-0.2, 0) is 10.0 Å². The number of aromatic carboxylic acids is 1. The highest BCUT2D eigenvalue weighted by Crippen LogP contribution is 2.11. The van der Waals surface area contributed by atoms with Crippen LogP contribution in [0.2, 0.25) is 0 Å². The van der Waals surface area contributed by atoms with Gasteiger partial charge in [-0.25, -0.2) is 14.9 Å². The number of pyridine rings is 1. The van der Waals surface area contributed by atoms with Crippen LogP contribution in [0.3, 0.4) is 0 Å². The van der Waals surface area contributed by atoms with E-state index in [0.717, 1.165) is 24.4 Å². The predicted octanol–water partition coefficient (Wildman–Crippen LogP) is -0.336. The number of aromatic nitrogens is 3. The smallest absolute Gasteiger partial charge is 0.337 e. The van der Waals surface area contributed by atoms with E-state index in [0.29, 0.717) is 0 Å². The SMILES string of the molecule is O=C(O)c1ccc(S(=O)(=O)Nc2ccc(=O)[nH]n2)nc1. The van der Waals surface area contributed by atoms with E-state index in [-0.39, 0.29) is 16.4 Å². The Morgan fingerprint density at radius 2 is 2.00 bits per heavy atom. The van der Waals surface area contributed by atoms with Gasteiger partial charge in [-0.05, 0) is 18.2 Å². The van der Waals surface area contributed by atoms with Crippen LogP contribution in [0.4, 0.5) is 5.82 Å². The molecular formula is C10H8N4O5S. The number of rotatable bonds is 4. The van der Waals surface area contributed by atoms with E-state index < -0.39 is 21.6 Å². The first-order valence-corrected chi connectivity index (χ1v) is 6.65. The number of anilines is 1. The number of aromatic amines is 1. The maximum Gasteiger partial charge on any atom is 0.337 e. The van der Waals surface area contributed by atoms with Crippen molar-refractivity contribution in [2.45, 2.75) is 5.03 Å². The average Bonchev–Trinajstić information content (AvgIpc) is 2.41. The van der Waals surface area contributed by atoms with Crippen molar-refractivity contribution in [2.24, 2.45) is 0 Å². The first-order valence-electron chi connectivity index (χ1n) is 5.16. The fraction of sp³-hybridized carbons (Fsp3) is 0. The number of carboxylic acids is 1. The predicted molar refractivity (Wildman–Crippen MR) is 66.9 cm³/mol. The summed E-state index contributed by atoms with van der Waals surface area (Å²) in [6, 6.07) is 4.45. The molecule has 0 bridgehead atoms. The molecule has 9 nitrogen and oxygen atoms in total. The summed E-state index contributed by atoms with van der Waals surface area (Å²) >= 11 is 0. The third-order valence-corrected chi connectivity index (χ3v) is 3.45. The molecule has 0 radical (unpaired) electrons. The molecule has 0 spiro atoms. The van der Waals surface area contributed by atoms with Gasteiger partial charge in [0.25, 0.3) is 15.6 Å². The quantitative estimate of drug-likeness (QED) is 0.700. The molecule has 0 aliphatic rings. The van der Waals surface area contributed by atoms with E-state index in [1.54, 1.807) is 0 Å². The highest BCUT2D eigenvalue weighted by molar-refractivity contribution is 7.92. The Labute approximate surface area is 112 Å². The molecule has 3 N–H and O–H groups in total. The van der Waals surface area contributed by atoms with E-state index in [1.807, 2.05) is 0 Å². The molecule has 0 unspecified atom stereocenters. The minimum absolute atomic E-state index is 0.0892. The summed E-state index contributed by atoms with van der Waals surface area (Å²) in [7, 11) is -4.01. The maximum atomic E-state index is 11.9. The lowest BCUT2D eigenvalue weighted by Crippen LogP contribution is -2.17. The van der Waals surface area contributed by atoms with Crippen LogP contribution in [0.5, 0.6) is 0 Å². The molecule has 2 aromatic rings.